The molecule has 0 bridgehead atoms. The number of alkyl halides is 1. The summed E-state index contributed by atoms with van der Waals surface area (Å²) in [4.78, 5) is 14.4. The summed E-state index contributed by atoms with van der Waals surface area (Å²) in [7, 11) is 0. The predicted molar refractivity (Wildman–Crippen MR) is 70.3 cm³/mol. The molecule has 3 heteroatoms. The van der Waals surface area contributed by atoms with Crippen molar-refractivity contribution >= 4 is 17.5 Å². The molecular formula is C14H18ClNO. The monoisotopic (exact) mass is 251 g/mol. The zero-order chi connectivity index (χ0) is 12.3. The van der Waals surface area contributed by atoms with E-state index >= 15 is 0 Å². The third-order valence-corrected chi connectivity index (χ3v) is 3.68. The van der Waals surface area contributed by atoms with Gasteiger partial charge in [0, 0.05) is 19.0 Å². The molecule has 0 heterocycles. The average molecular weight is 252 g/mol. The van der Waals surface area contributed by atoms with Crippen molar-refractivity contribution < 1.29 is 4.79 Å². The fourth-order valence-electron chi connectivity index (χ4n) is 2.32. The van der Waals surface area contributed by atoms with Crippen LogP contribution in [-0.4, -0.2) is 29.8 Å². The van der Waals surface area contributed by atoms with Crippen molar-refractivity contribution in [2.75, 3.05) is 19.0 Å². The van der Waals surface area contributed by atoms with Gasteiger partial charge in [0.05, 0.1) is 5.41 Å². The van der Waals surface area contributed by atoms with Gasteiger partial charge in [-0.25, -0.2) is 0 Å². The van der Waals surface area contributed by atoms with E-state index in [4.69, 9.17) is 11.6 Å². The summed E-state index contributed by atoms with van der Waals surface area (Å²) in [5, 5.41) is 0. The Morgan fingerprint density at radius 2 is 2.00 bits per heavy atom. The Morgan fingerprint density at radius 1 is 1.35 bits per heavy atom. The van der Waals surface area contributed by atoms with Crippen LogP contribution in [0.5, 0.6) is 0 Å². The fourth-order valence-corrected chi connectivity index (χ4v) is 2.52. The molecule has 2 rings (SSSR count). The highest BCUT2D eigenvalue weighted by molar-refractivity contribution is 6.18. The molecule has 1 aliphatic rings. The van der Waals surface area contributed by atoms with Gasteiger partial charge in [0.1, 0.15) is 0 Å². The Bertz CT molecular complexity index is 386. The van der Waals surface area contributed by atoms with Crippen molar-refractivity contribution in [1.82, 2.24) is 4.90 Å². The normalized spacial score (nSPS) is 16.6. The van der Waals surface area contributed by atoms with Crippen LogP contribution in [0.3, 0.4) is 0 Å². The van der Waals surface area contributed by atoms with Crippen LogP contribution < -0.4 is 0 Å². The number of hydrogen-bond donors (Lipinski definition) is 0. The highest BCUT2D eigenvalue weighted by atomic mass is 35.5. The second-order valence-corrected chi connectivity index (χ2v) is 4.90. The second kappa shape index (κ2) is 5.09. The van der Waals surface area contributed by atoms with Crippen LogP contribution in [0.4, 0.5) is 0 Å². The van der Waals surface area contributed by atoms with Gasteiger partial charge in [-0.15, -0.1) is 11.6 Å². The first-order valence-corrected chi connectivity index (χ1v) is 6.69. The number of rotatable bonds is 5. The van der Waals surface area contributed by atoms with Crippen LogP contribution in [-0.2, 0) is 10.2 Å². The summed E-state index contributed by atoms with van der Waals surface area (Å²) < 4.78 is 0. The van der Waals surface area contributed by atoms with E-state index in [1.54, 1.807) is 0 Å². The molecule has 1 aromatic carbocycles. The second-order valence-electron chi connectivity index (χ2n) is 4.52. The van der Waals surface area contributed by atoms with Gasteiger partial charge in [0.2, 0.25) is 5.91 Å². The Balaban J connectivity index is 2.19. The molecule has 1 amide bonds. The molecule has 17 heavy (non-hydrogen) atoms. The minimum Gasteiger partial charge on any atom is -0.341 e. The van der Waals surface area contributed by atoms with E-state index in [1.165, 1.54) is 0 Å². The van der Waals surface area contributed by atoms with Crippen LogP contribution in [0.15, 0.2) is 30.3 Å². The number of nitrogens with zero attached hydrogens (tertiary/aromatic N) is 1. The quantitative estimate of drug-likeness (QED) is 0.737. The molecule has 0 N–H and O–H groups in total. The first-order chi connectivity index (χ1) is 8.24. The van der Waals surface area contributed by atoms with Crippen LogP contribution in [0, 0.1) is 0 Å². The van der Waals surface area contributed by atoms with E-state index in [0.717, 1.165) is 24.9 Å². The highest BCUT2D eigenvalue weighted by Crippen LogP contribution is 2.49. The summed E-state index contributed by atoms with van der Waals surface area (Å²) in [6.07, 6.45) is 1.93. The zero-order valence-corrected chi connectivity index (χ0v) is 10.9. The van der Waals surface area contributed by atoms with Gasteiger partial charge < -0.3 is 4.90 Å². The number of carbonyl (C=O) groups excluding carboxylic acids is 1. The number of benzene rings is 1. The van der Waals surface area contributed by atoms with Gasteiger partial charge in [-0.05, 0) is 25.3 Å². The Labute approximate surface area is 108 Å². The van der Waals surface area contributed by atoms with Gasteiger partial charge >= 0.3 is 0 Å². The van der Waals surface area contributed by atoms with E-state index in [-0.39, 0.29) is 11.3 Å². The minimum absolute atomic E-state index is 0.242. The van der Waals surface area contributed by atoms with Gasteiger partial charge in [-0.3, -0.25) is 4.79 Å². The molecule has 2 nitrogen and oxygen atoms in total. The number of halogens is 1. The number of carbonyl (C=O) groups is 1. The minimum atomic E-state index is -0.247. The lowest BCUT2D eigenvalue weighted by atomic mass is 9.94. The summed E-state index contributed by atoms with van der Waals surface area (Å²) in [5.41, 5.74) is 0.904. The summed E-state index contributed by atoms with van der Waals surface area (Å²) in [5.74, 6) is 0.747. The molecule has 0 saturated heterocycles. The fraction of sp³-hybridized carbons (Fsp3) is 0.500. The number of amides is 1. The lowest BCUT2D eigenvalue weighted by Crippen LogP contribution is -2.40. The molecule has 0 aliphatic heterocycles. The van der Waals surface area contributed by atoms with Crippen molar-refractivity contribution in [3.05, 3.63) is 35.9 Å². The Morgan fingerprint density at radius 3 is 2.47 bits per heavy atom. The topological polar surface area (TPSA) is 20.3 Å². The standard InChI is InChI=1S/C14H18ClNO/c1-2-16(11-10-15)13(17)14(8-9-14)12-6-4-3-5-7-12/h3-7H,2,8-11H2,1H3. The molecule has 0 radical (unpaired) electrons. The molecular weight excluding hydrogens is 234 g/mol. The van der Waals surface area contributed by atoms with E-state index in [1.807, 2.05) is 30.0 Å². The first kappa shape index (κ1) is 12.4. The van der Waals surface area contributed by atoms with Gasteiger partial charge in [0.25, 0.3) is 0 Å². The summed E-state index contributed by atoms with van der Waals surface area (Å²) in [6.45, 7) is 3.39. The molecule has 1 fully saturated rings. The molecule has 1 saturated carbocycles. The van der Waals surface area contributed by atoms with Crippen molar-refractivity contribution in [3.8, 4) is 0 Å². The van der Waals surface area contributed by atoms with E-state index in [9.17, 15) is 4.79 Å². The zero-order valence-electron chi connectivity index (χ0n) is 10.2. The van der Waals surface area contributed by atoms with E-state index in [0.29, 0.717) is 12.4 Å². The SMILES string of the molecule is CCN(CCCl)C(=O)C1(c2ccccc2)CC1. The largest absolute Gasteiger partial charge is 0.341 e. The third-order valence-electron chi connectivity index (χ3n) is 3.51. The predicted octanol–water partition coefficient (Wildman–Crippen LogP) is 2.81. The number of hydrogen-bond acceptors (Lipinski definition) is 1. The molecule has 0 aromatic heterocycles. The van der Waals surface area contributed by atoms with Crippen molar-refractivity contribution in [3.63, 3.8) is 0 Å². The van der Waals surface area contributed by atoms with Gasteiger partial charge in [0.15, 0.2) is 0 Å². The van der Waals surface area contributed by atoms with Gasteiger partial charge in [-0.1, -0.05) is 30.3 Å². The summed E-state index contributed by atoms with van der Waals surface area (Å²) >= 11 is 5.74. The Hall–Kier alpha value is -1.02. The van der Waals surface area contributed by atoms with E-state index in [2.05, 4.69) is 12.1 Å². The van der Waals surface area contributed by atoms with Crippen molar-refractivity contribution in [1.29, 1.82) is 0 Å². The third kappa shape index (κ3) is 2.32. The van der Waals surface area contributed by atoms with Gasteiger partial charge in [-0.2, -0.15) is 0 Å². The smallest absolute Gasteiger partial charge is 0.233 e. The lowest BCUT2D eigenvalue weighted by molar-refractivity contribution is -0.133. The van der Waals surface area contributed by atoms with Crippen molar-refractivity contribution in [2.45, 2.75) is 25.2 Å². The Kier molecular flexibility index (Phi) is 3.72. The maximum Gasteiger partial charge on any atom is 0.233 e. The maximum atomic E-state index is 12.5. The van der Waals surface area contributed by atoms with Crippen molar-refractivity contribution in [2.24, 2.45) is 0 Å². The molecule has 0 unspecified atom stereocenters. The number of likely N-dealkylation sites (N-methyl/N-ethyl adjacent to an activating group) is 1. The summed E-state index contributed by atoms with van der Waals surface area (Å²) in [6, 6.07) is 10.1. The first-order valence-electron chi connectivity index (χ1n) is 6.15. The molecule has 1 aromatic rings. The van der Waals surface area contributed by atoms with E-state index < -0.39 is 0 Å². The molecule has 0 atom stereocenters. The molecule has 92 valence electrons. The van der Waals surface area contributed by atoms with Crippen LogP contribution in [0.2, 0.25) is 0 Å². The lowest BCUT2D eigenvalue weighted by Gasteiger charge is -2.25. The molecule has 0 spiro atoms. The highest BCUT2D eigenvalue weighted by Gasteiger charge is 2.52. The van der Waals surface area contributed by atoms with Crippen LogP contribution in [0.1, 0.15) is 25.3 Å². The average Bonchev–Trinajstić information content (AvgIpc) is 3.18. The maximum absolute atomic E-state index is 12.5. The van der Waals surface area contributed by atoms with Crippen LogP contribution >= 0.6 is 11.6 Å². The van der Waals surface area contributed by atoms with Crippen LogP contribution in [0.25, 0.3) is 0 Å². The molecule has 1 aliphatic carbocycles.